The Labute approximate surface area is 378 Å². The van der Waals surface area contributed by atoms with E-state index in [0.29, 0.717) is 43.6 Å². The predicted molar refractivity (Wildman–Crippen MR) is 245 cm³/mol. The lowest BCUT2D eigenvalue weighted by Gasteiger charge is -2.30. The van der Waals surface area contributed by atoms with E-state index < -0.39 is 73.8 Å². The number of hydrogen-bond acceptors (Lipinski definition) is 11. The summed E-state index contributed by atoms with van der Waals surface area (Å²) in [6, 6.07) is 12.2. The molecule has 2 aromatic heterocycles. The number of nitrogens with one attached hydrogen (secondary N) is 3. The van der Waals surface area contributed by atoms with E-state index in [0.717, 1.165) is 45.8 Å². The molecule has 3 fully saturated rings. The van der Waals surface area contributed by atoms with Gasteiger partial charge < -0.3 is 25.0 Å². The number of ether oxygens (including phenoxy) is 2. The quantitative estimate of drug-likeness (QED) is 0.143. The van der Waals surface area contributed by atoms with Crippen LogP contribution >= 0.6 is 11.3 Å². The predicted octanol–water partition coefficient (Wildman–Crippen LogP) is 7.35. The van der Waals surface area contributed by atoms with Gasteiger partial charge in [0.1, 0.15) is 39.9 Å². The molecular weight excluding hydrogens is 855 g/mol. The van der Waals surface area contributed by atoms with Crippen molar-refractivity contribution in [2.45, 2.75) is 146 Å². The number of fused-ring (bicyclic) bond motifs is 3. The minimum absolute atomic E-state index is 0.0285. The first-order valence-electron chi connectivity index (χ1n) is 22.3. The average Bonchev–Trinajstić information content (AvgIpc) is 3.90. The van der Waals surface area contributed by atoms with Gasteiger partial charge in [0.15, 0.2) is 0 Å². The second-order valence-corrected chi connectivity index (χ2v) is 22.4. The Morgan fingerprint density at radius 3 is 2.48 bits per heavy atom. The van der Waals surface area contributed by atoms with Gasteiger partial charge in [-0.25, -0.2) is 18.2 Å². The molecule has 0 spiro atoms. The van der Waals surface area contributed by atoms with E-state index in [2.05, 4.69) is 39.6 Å². The normalized spacial score (nSPS) is 25.3. The maximum atomic E-state index is 14.8. The number of sulfonamides is 1. The van der Waals surface area contributed by atoms with E-state index in [9.17, 15) is 27.6 Å². The second-order valence-electron chi connectivity index (χ2n) is 19.3. The second kappa shape index (κ2) is 17.3. The van der Waals surface area contributed by atoms with Gasteiger partial charge in [0.2, 0.25) is 21.8 Å². The Bertz CT molecular complexity index is 2590. The fraction of sp³-hybridized carbons (Fsp3) is 0.532. The summed E-state index contributed by atoms with van der Waals surface area (Å²) in [4.78, 5) is 68.2. The van der Waals surface area contributed by atoms with E-state index >= 15 is 0 Å². The monoisotopic (exact) mass is 913 g/mol. The lowest BCUT2D eigenvalue weighted by molar-refractivity contribution is -0.141. The van der Waals surface area contributed by atoms with Crippen LogP contribution in [0, 0.1) is 12.8 Å². The van der Waals surface area contributed by atoms with Crippen LogP contribution in [-0.2, 0) is 29.1 Å². The van der Waals surface area contributed by atoms with Gasteiger partial charge in [-0.1, -0.05) is 60.9 Å². The van der Waals surface area contributed by atoms with Crippen LogP contribution in [0.15, 0.2) is 60.0 Å². The molecule has 2 aromatic carbocycles. The molecule has 4 amide bonds. The molecule has 1 saturated heterocycles. The maximum absolute atomic E-state index is 14.8. The highest BCUT2D eigenvalue weighted by Crippen LogP contribution is 2.48. The molecule has 4 heterocycles. The fourth-order valence-electron chi connectivity index (χ4n) is 8.65. The van der Waals surface area contributed by atoms with Gasteiger partial charge in [-0.05, 0) is 99.1 Å². The summed E-state index contributed by atoms with van der Waals surface area (Å²) in [5.41, 5.74) is 3.04. The summed E-state index contributed by atoms with van der Waals surface area (Å²) in [6.07, 6.45) is 6.59. The van der Waals surface area contributed by atoms with Crippen molar-refractivity contribution in [3.8, 4) is 27.8 Å². The zero-order chi connectivity index (χ0) is 45.8. The first kappa shape index (κ1) is 45.3. The molecular formula is C47H59N7O8S2. The van der Waals surface area contributed by atoms with Crippen LogP contribution in [0.25, 0.3) is 32.9 Å². The van der Waals surface area contributed by atoms with Gasteiger partial charge in [-0.2, -0.15) is 4.98 Å². The topological polar surface area (TPSA) is 191 Å². The minimum atomic E-state index is -4.01. The number of allylic oxidation sites excluding steroid dienone is 1. The molecule has 342 valence electrons. The summed E-state index contributed by atoms with van der Waals surface area (Å²) < 4.78 is 42.1. The van der Waals surface area contributed by atoms with Gasteiger partial charge in [0, 0.05) is 34.9 Å². The Kier molecular flexibility index (Phi) is 12.2. The number of hydrogen-bond donors (Lipinski definition) is 3. The number of imidazole rings is 1. The van der Waals surface area contributed by atoms with E-state index in [1.807, 2.05) is 61.1 Å². The molecule has 17 heteroatoms. The number of alkyl carbamates (subject to hydrolysis) is 1. The van der Waals surface area contributed by atoms with Crippen LogP contribution in [0.5, 0.6) is 6.01 Å². The Hall–Kier alpha value is -5.29. The molecule has 2 saturated carbocycles. The lowest BCUT2D eigenvalue weighted by atomic mass is 10.0. The molecule has 2 aliphatic heterocycles. The van der Waals surface area contributed by atoms with Crippen LogP contribution < -0.4 is 20.1 Å². The first-order chi connectivity index (χ1) is 30.3. The van der Waals surface area contributed by atoms with Crippen LogP contribution in [0.2, 0.25) is 0 Å². The van der Waals surface area contributed by atoms with Crippen molar-refractivity contribution in [1.29, 1.82) is 0 Å². The summed E-state index contributed by atoms with van der Waals surface area (Å²) in [6.45, 7) is 12.9. The van der Waals surface area contributed by atoms with Crippen LogP contribution in [0.1, 0.15) is 111 Å². The fourth-order valence-corrected chi connectivity index (χ4v) is 10.8. The summed E-state index contributed by atoms with van der Waals surface area (Å²) in [5.74, 6) is -2.37. The highest BCUT2D eigenvalue weighted by atomic mass is 32.2. The Morgan fingerprint density at radius 1 is 1.03 bits per heavy atom. The van der Waals surface area contributed by atoms with Gasteiger partial charge in [-0.15, -0.1) is 11.3 Å². The number of carbonyl (C=O) groups is 4. The third-order valence-corrected chi connectivity index (χ3v) is 15.8. The number of carbonyl (C=O) groups excluding carboxylic acids is 4. The Morgan fingerprint density at radius 2 is 1.78 bits per heavy atom. The molecule has 3 N–H and O–H groups in total. The van der Waals surface area contributed by atoms with Crippen LogP contribution in [0.4, 0.5) is 4.79 Å². The van der Waals surface area contributed by atoms with Crippen molar-refractivity contribution in [2.24, 2.45) is 5.92 Å². The zero-order valence-corrected chi connectivity index (χ0v) is 39.2. The summed E-state index contributed by atoms with van der Waals surface area (Å²) in [7, 11) is -4.01. The molecule has 0 radical (unpaired) electrons. The Balaban J connectivity index is 1.12. The van der Waals surface area contributed by atoms with Gasteiger partial charge in [-0.3, -0.25) is 23.7 Å². The van der Waals surface area contributed by atoms with Crippen molar-refractivity contribution in [3.63, 3.8) is 0 Å². The first-order valence-corrected chi connectivity index (χ1v) is 24.7. The SMILES string of the molecule is Cc1ccc(-c2csc(-c3cccc4c3nc(O[C@@H]3C[C@H]5C(=O)N[C@]6(C(=O)NS(=O)(=O)C7(C)CC7)C[C@@H]6/C=C\CCCCC[C@H](NC(=O)OC(C)(C)C)C(=O)N5C3)n4C(C)C)n2)cc1. The molecule has 64 heavy (non-hydrogen) atoms. The number of thiazole rings is 1. The molecule has 4 aliphatic rings. The van der Waals surface area contributed by atoms with Crippen molar-refractivity contribution in [1.82, 2.24) is 34.8 Å². The molecule has 4 aromatic rings. The number of benzene rings is 2. The number of para-hydroxylation sites is 1. The smallest absolute Gasteiger partial charge is 0.408 e. The van der Waals surface area contributed by atoms with Gasteiger partial charge in [0.05, 0.1) is 22.5 Å². The maximum Gasteiger partial charge on any atom is 0.408 e. The molecule has 0 bridgehead atoms. The molecule has 15 nitrogen and oxygen atoms in total. The molecule has 5 atom stereocenters. The van der Waals surface area contributed by atoms with E-state index in [4.69, 9.17) is 19.4 Å². The van der Waals surface area contributed by atoms with Gasteiger partial charge in [0.25, 0.3) is 11.9 Å². The number of nitrogens with zero attached hydrogens (tertiary/aromatic N) is 4. The van der Waals surface area contributed by atoms with Crippen LogP contribution in [0.3, 0.4) is 0 Å². The summed E-state index contributed by atoms with van der Waals surface area (Å²) >= 11 is 1.53. The van der Waals surface area contributed by atoms with Gasteiger partial charge >= 0.3 is 6.09 Å². The molecule has 8 rings (SSSR count). The summed E-state index contributed by atoms with van der Waals surface area (Å²) in [5, 5.41) is 8.54. The highest BCUT2D eigenvalue weighted by Gasteiger charge is 2.63. The van der Waals surface area contributed by atoms with Crippen molar-refractivity contribution < 1.29 is 37.1 Å². The van der Waals surface area contributed by atoms with Crippen molar-refractivity contribution in [2.75, 3.05) is 6.54 Å². The van der Waals surface area contributed by atoms with E-state index in [-0.39, 0.29) is 25.4 Å². The minimum Gasteiger partial charge on any atom is -0.459 e. The molecule has 0 unspecified atom stereocenters. The van der Waals surface area contributed by atoms with E-state index in [1.54, 1.807) is 27.7 Å². The standard InChI is InChI=1S/C47H59N7O8S2/c1-28(2)54-36-17-13-15-33(40-48-35(27-63-40)30-20-18-29(3)19-21-30)38(36)50-43(54)61-32-24-37-39(55)51-47(42(57)52-64(59,60)46(7)22-23-46)25-31(47)14-11-9-8-10-12-16-34(41(56)53(37)26-32)49-44(58)62-45(4,5)6/h11,13-15,17-21,27-28,31-32,34,37H,8-10,12,16,22-26H2,1-7H3,(H,49,58)(H,51,55)(H,52,57)/b14-11-/t31-,32+,34-,37-,47+/m0/s1. The number of aromatic nitrogens is 3. The number of amides is 4. The number of aryl methyl sites for hydroxylation is 1. The van der Waals surface area contributed by atoms with Crippen LogP contribution in [-0.4, -0.2) is 92.3 Å². The third kappa shape index (κ3) is 9.28. The third-order valence-electron chi connectivity index (χ3n) is 12.7. The van der Waals surface area contributed by atoms with E-state index in [1.165, 1.54) is 16.2 Å². The van der Waals surface area contributed by atoms with Crippen molar-refractivity contribution in [3.05, 3.63) is 65.6 Å². The largest absolute Gasteiger partial charge is 0.459 e. The lowest BCUT2D eigenvalue weighted by Crippen LogP contribution is -2.58. The zero-order valence-electron chi connectivity index (χ0n) is 37.6. The highest BCUT2D eigenvalue weighted by molar-refractivity contribution is 7.91. The molecule has 2 aliphatic carbocycles. The van der Waals surface area contributed by atoms with Crippen molar-refractivity contribution >= 4 is 56.2 Å². The average molecular weight is 914 g/mol. The number of rotatable bonds is 9.